The van der Waals surface area contributed by atoms with Crippen LogP contribution in [-0.4, -0.2) is 33.6 Å². The minimum Gasteiger partial charge on any atom is -0.351 e. The highest BCUT2D eigenvalue weighted by Gasteiger charge is 1.87. The largest absolute Gasteiger partial charge is 0.351 e. The molecule has 0 aromatic heterocycles. The molecule has 0 saturated carbocycles. The Morgan fingerprint density at radius 1 is 0.692 bits per heavy atom. The Morgan fingerprint density at radius 2 is 1.08 bits per heavy atom. The van der Waals surface area contributed by atoms with Gasteiger partial charge in [0.25, 0.3) is 0 Å². The SMILES string of the molecule is C=CCOCOCOCOCC=C. The van der Waals surface area contributed by atoms with Gasteiger partial charge < -0.3 is 18.9 Å². The van der Waals surface area contributed by atoms with Crippen molar-refractivity contribution in [3.8, 4) is 0 Å². The summed E-state index contributed by atoms with van der Waals surface area (Å²) in [5.74, 6) is 0. The van der Waals surface area contributed by atoms with Crippen LogP contribution in [0.25, 0.3) is 0 Å². The van der Waals surface area contributed by atoms with Gasteiger partial charge in [0.15, 0.2) is 6.79 Å². The van der Waals surface area contributed by atoms with Crippen LogP contribution in [0.15, 0.2) is 25.3 Å². The molecule has 0 saturated heterocycles. The van der Waals surface area contributed by atoms with Crippen LogP contribution in [0, 0.1) is 0 Å². The van der Waals surface area contributed by atoms with Crippen LogP contribution in [-0.2, 0) is 18.9 Å². The van der Waals surface area contributed by atoms with Gasteiger partial charge in [-0.05, 0) is 0 Å². The molecule has 0 spiro atoms. The van der Waals surface area contributed by atoms with Crippen LogP contribution in [0.2, 0.25) is 0 Å². The van der Waals surface area contributed by atoms with Gasteiger partial charge in [-0.15, -0.1) is 13.2 Å². The first-order valence-electron chi connectivity index (χ1n) is 3.94. The molecular formula is C9H16O4. The lowest BCUT2D eigenvalue weighted by Gasteiger charge is -2.05. The summed E-state index contributed by atoms with van der Waals surface area (Å²) in [7, 11) is 0. The zero-order valence-corrected chi connectivity index (χ0v) is 7.74. The molecule has 0 atom stereocenters. The third-order valence-electron chi connectivity index (χ3n) is 0.971. The summed E-state index contributed by atoms with van der Waals surface area (Å²) in [5.41, 5.74) is 0. The minimum atomic E-state index is 0.161. The summed E-state index contributed by atoms with van der Waals surface area (Å²) >= 11 is 0. The summed E-state index contributed by atoms with van der Waals surface area (Å²) in [6.07, 6.45) is 3.30. The number of hydrogen-bond acceptors (Lipinski definition) is 4. The molecule has 0 rings (SSSR count). The van der Waals surface area contributed by atoms with Gasteiger partial charge in [0, 0.05) is 0 Å². The Hall–Kier alpha value is -0.680. The highest BCUT2D eigenvalue weighted by atomic mass is 16.8. The third-order valence-corrected chi connectivity index (χ3v) is 0.971. The van der Waals surface area contributed by atoms with E-state index in [0.717, 1.165) is 0 Å². The maximum absolute atomic E-state index is 4.93. The van der Waals surface area contributed by atoms with Gasteiger partial charge in [-0.25, -0.2) is 0 Å². The Balaban J connectivity index is 2.83. The van der Waals surface area contributed by atoms with Gasteiger partial charge in [0.2, 0.25) is 0 Å². The molecule has 0 radical (unpaired) electrons. The molecule has 0 N–H and O–H groups in total. The van der Waals surface area contributed by atoms with Crippen LogP contribution in [0.1, 0.15) is 0 Å². The lowest BCUT2D eigenvalue weighted by molar-refractivity contribution is -0.164. The molecular weight excluding hydrogens is 172 g/mol. The van der Waals surface area contributed by atoms with Crippen molar-refractivity contribution in [3.63, 3.8) is 0 Å². The topological polar surface area (TPSA) is 36.9 Å². The lowest BCUT2D eigenvalue weighted by atomic mass is 10.7. The van der Waals surface area contributed by atoms with Gasteiger partial charge in [-0.3, -0.25) is 0 Å². The summed E-state index contributed by atoms with van der Waals surface area (Å²) in [5, 5.41) is 0. The maximum Gasteiger partial charge on any atom is 0.152 e. The van der Waals surface area contributed by atoms with Crippen molar-refractivity contribution in [2.24, 2.45) is 0 Å². The van der Waals surface area contributed by atoms with E-state index >= 15 is 0 Å². The molecule has 13 heavy (non-hydrogen) atoms. The smallest absolute Gasteiger partial charge is 0.152 e. The number of hydrogen-bond donors (Lipinski definition) is 0. The Morgan fingerprint density at radius 3 is 1.46 bits per heavy atom. The number of ether oxygens (including phenoxy) is 4. The van der Waals surface area contributed by atoms with Gasteiger partial charge in [0.05, 0.1) is 13.2 Å². The van der Waals surface area contributed by atoms with Crippen LogP contribution in [0.4, 0.5) is 0 Å². The Labute approximate surface area is 78.7 Å². The van der Waals surface area contributed by atoms with E-state index < -0.39 is 0 Å². The Kier molecular flexibility index (Phi) is 10.7. The molecule has 0 unspecified atom stereocenters. The predicted octanol–water partition coefficient (Wildman–Crippen LogP) is 1.30. The first-order chi connectivity index (χ1) is 6.41. The van der Waals surface area contributed by atoms with E-state index in [-0.39, 0.29) is 20.4 Å². The molecule has 0 aliphatic carbocycles. The molecule has 0 bridgehead atoms. The van der Waals surface area contributed by atoms with Crippen molar-refractivity contribution in [2.45, 2.75) is 0 Å². The molecule has 0 aliphatic heterocycles. The van der Waals surface area contributed by atoms with Crippen molar-refractivity contribution >= 4 is 0 Å². The lowest BCUT2D eigenvalue weighted by Crippen LogP contribution is -2.07. The highest BCUT2D eigenvalue weighted by Crippen LogP contribution is 1.83. The van der Waals surface area contributed by atoms with Crippen molar-refractivity contribution in [2.75, 3.05) is 33.6 Å². The van der Waals surface area contributed by atoms with Crippen molar-refractivity contribution in [1.82, 2.24) is 0 Å². The molecule has 4 nitrogen and oxygen atoms in total. The Bertz CT molecular complexity index is 111. The molecule has 4 heteroatoms. The van der Waals surface area contributed by atoms with E-state index in [4.69, 9.17) is 18.9 Å². The number of rotatable bonds is 10. The fourth-order valence-electron chi connectivity index (χ4n) is 0.508. The minimum absolute atomic E-state index is 0.161. The third kappa shape index (κ3) is 11.3. The summed E-state index contributed by atoms with van der Waals surface area (Å²) in [6, 6.07) is 0. The average molecular weight is 188 g/mol. The second kappa shape index (κ2) is 11.3. The van der Waals surface area contributed by atoms with Crippen LogP contribution in [0.5, 0.6) is 0 Å². The van der Waals surface area contributed by atoms with E-state index in [1.54, 1.807) is 12.2 Å². The first kappa shape index (κ1) is 12.3. The fourth-order valence-corrected chi connectivity index (χ4v) is 0.508. The van der Waals surface area contributed by atoms with E-state index in [9.17, 15) is 0 Å². The first-order valence-corrected chi connectivity index (χ1v) is 3.94. The van der Waals surface area contributed by atoms with Gasteiger partial charge in [-0.2, -0.15) is 0 Å². The van der Waals surface area contributed by atoms with Crippen molar-refractivity contribution in [3.05, 3.63) is 25.3 Å². The van der Waals surface area contributed by atoms with Crippen molar-refractivity contribution in [1.29, 1.82) is 0 Å². The molecule has 76 valence electrons. The van der Waals surface area contributed by atoms with Crippen LogP contribution in [0.3, 0.4) is 0 Å². The van der Waals surface area contributed by atoms with E-state index in [1.165, 1.54) is 0 Å². The van der Waals surface area contributed by atoms with Gasteiger partial charge in [0.1, 0.15) is 13.6 Å². The molecule has 0 aliphatic rings. The predicted molar refractivity (Wildman–Crippen MR) is 49.1 cm³/mol. The van der Waals surface area contributed by atoms with Gasteiger partial charge >= 0.3 is 0 Å². The highest BCUT2D eigenvalue weighted by molar-refractivity contribution is 4.63. The second-order valence-corrected chi connectivity index (χ2v) is 2.08. The monoisotopic (exact) mass is 188 g/mol. The second-order valence-electron chi connectivity index (χ2n) is 2.08. The molecule has 0 aromatic rings. The quantitative estimate of drug-likeness (QED) is 0.294. The normalized spacial score (nSPS) is 9.85. The maximum atomic E-state index is 4.93. The van der Waals surface area contributed by atoms with Crippen molar-refractivity contribution < 1.29 is 18.9 Å². The molecule has 0 fully saturated rings. The zero-order chi connectivity index (χ0) is 9.78. The van der Waals surface area contributed by atoms with E-state index in [0.29, 0.717) is 13.2 Å². The van der Waals surface area contributed by atoms with Crippen LogP contribution >= 0.6 is 0 Å². The van der Waals surface area contributed by atoms with Crippen LogP contribution < -0.4 is 0 Å². The summed E-state index contributed by atoms with van der Waals surface area (Å²) in [4.78, 5) is 0. The summed E-state index contributed by atoms with van der Waals surface area (Å²) in [6.45, 7) is 8.50. The average Bonchev–Trinajstić information content (AvgIpc) is 2.16. The fraction of sp³-hybridized carbons (Fsp3) is 0.556. The molecule has 0 aromatic carbocycles. The molecule has 0 heterocycles. The standard InChI is InChI=1S/C9H16O4/c1-3-5-10-7-12-9-13-8-11-6-4-2/h3-4H,1-2,5-9H2. The summed E-state index contributed by atoms with van der Waals surface area (Å²) < 4.78 is 19.7. The van der Waals surface area contributed by atoms with E-state index in [2.05, 4.69) is 13.2 Å². The zero-order valence-electron chi connectivity index (χ0n) is 7.74. The van der Waals surface area contributed by atoms with Gasteiger partial charge in [-0.1, -0.05) is 12.2 Å². The molecule has 0 amide bonds. The van der Waals surface area contributed by atoms with E-state index in [1.807, 2.05) is 0 Å².